The highest BCUT2D eigenvalue weighted by Gasteiger charge is 2.42. The van der Waals surface area contributed by atoms with E-state index in [1.54, 1.807) is 6.07 Å². The molecule has 0 amide bonds. The van der Waals surface area contributed by atoms with Crippen LogP contribution in [0.4, 0.5) is 0 Å². The second-order valence-electron chi connectivity index (χ2n) is 8.71. The van der Waals surface area contributed by atoms with Gasteiger partial charge in [-0.2, -0.15) is 0 Å². The Labute approximate surface area is 196 Å². The van der Waals surface area contributed by atoms with Crippen molar-refractivity contribution < 1.29 is 23.1 Å². The van der Waals surface area contributed by atoms with E-state index < -0.39 is 21.6 Å². The number of ether oxygens (including phenoxy) is 1. The molecule has 0 fully saturated rings. The topological polar surface area (TPSA) is 107 Å². The van der Waals surface area contributed by atoms with Crippen molar-refractivity contribution in [2.45, 2.75) is 76.2 Å². The summed E-state index contributed by atoms with van der Waals surface area (Å²) >= 11 is 0. The van der Waals surface area contributed by atoms with Crippen LogP contribution < -0.4 is 5.14 Å². The molecule has 1 heterocycles. The Balaban J connectivity index is 2.31. The Morgan fingerprint density at radius 3 is 2.15 bits per heavy atom. The molecule has 2 aromatic rings. The third-order valence-corrected chi connectivity index (χ3v) is 7.08. The van der Waals surface area contributed by atoms with Crippen LogP contribution >= 0.6 is 0 Å². The van der Waals surface area contributed by atoms with E-state index in [1.807, 2.05) is 57.2 Å². The molecule has 0 radical (unpaired) electrons. The smallest absolute Gasteiger partial charge is 0.342 e. The molecule has 1 aliphatic rings. The highest BCUT2D eigenvalue weighted by atomic mass is 32.2. The van der Waals surface area contributed by atoms with Gasteiger partial charge in [0.15, 0.2) is 0 Å². The van der Waals surface area contributed by atoms with Gasteiger partial charge in [-0.1, -0.05) is 82.5 Å². The number of hydrogen-bond donors (Lipinski definition) is 2. The summed E-state index contributed by atoms with van der Waals surface area (Å²) < 4.78 is 31.7. The van der Waals surface area contributed by atoms with Gasteiger partial charge in [0.2, 0.25) is 10.0 Å². The van der Waals surface area contributed by atoms with E-state index in [2.05, 4.69) is 0 Å². The number of benzene rings is 2. The molecule has 3 rings (SSSR count). The number of carbonyl (C=O) groups excluding carboxylic acids is 1. The number of aliphatic hydroxyl groups excluding tert-OH is 1. The van der Waals surface area contributed by atoms with Crippen molar-refractivity contribution in [3.63, 3.8) is 0 Å². The Morgan fingerprint density at radius 2 is 1.64 bits per heavy atom. The molecule has 0 spiro atoms. The summed E-state index contributed by atoms with van der Waals surface area (Å²) in [5.41, 5.74) is 1.14. The molecule has 7 heteroatoms. The fourth-order valence-corrected chi connectivity index (χ4v) is 5.90. The van der Waals surface area contributed by atoms with E-state index in [9.17, 15) is 18.3 Å². The zero-order chi connectivity index (χ0) is 24.2. The van der Waals surface area contributed by atoms with Crippen LogP contribution in [0.5, 0.6) is 0 Å². The van der Waals surface area contributed by atoms with Gasteiger partial charge in [-0.05, 0) is 30.4 Å². The number of carbonyl (C=O) groups is 1. The van der Waals surface area contributed by atoms with Gasteiger partial charge >= 0.3 is 5.97 Å². The van der Waals surface area contributed by atoms with Crippen molar-refractivity contribution in [2.24, 2.45) is 5.14 Å². The summed E-state index contributed by atoms with van der Waals surface area (Å²) in [5, 5.41) is 16.8. The number of aliphatic hydroxyl groups is 1. The van der Waals surface area contributed by atoms with Crippen molar-refractivity contribution >= 4 is 21.6 Å². The van der Waals surface area contributed by atoms with Crippen LogP contribution in [0, 0.1) is 0 Å². The van der Waals surface area contributed by atoms with Crippen LogP contribution in [0.15, 0.2) is 53.1 Å². The van der Waals surface area contributed by atoms with E-state index in [0.29, 0.717) is 30.4 Å². The van der Waals surface area contributed by atoms with Gasteiger partial charge in [-0.15, -0.1) is 0 Å². The quantitative estimate of drug-likeness (QED) is 0.469. The summed E-state index contributed by atoms with van der Waals surface area (Å²) in [6.07, 6.45) is 4.42. The fraction of sp³-hybridized carbons (Fsp3) is 0.423. The van der Waals surface area contributed by atoms with Crippen LogP contribution in [-0.2, 0) is 26.0 Å². The minimum Gasteiger partial charge on any atom is -0.511 e. The second-order valence-corrected chi connectivity index (χ2v) is 10.2. The van der Waals surface area contributed by atoms with E-state index in [-0.39, 0.29) is 28.2 Å². The number of esters is 1. The van der Waals surface area contributed by atoms with Gasteiger partial charge in [0.05, 0.1) is 4.90 Å². The lowest BCUT2D eigenvalue weighted by molar-refractivity contribution is -0.157. The predicted octanol–water partition coefficient (Wildman–Crippen LogP) is 5.51. The fourth-order valence-electron chi connectivity index (χ4n) is 4.89. The maximum absolute atomic E-state index is 13.2. The van der Waals surface area contributed by atoms with Crippen LogP contribution in [0.25, 0.3) is 16.7 Å². The first-order chi connectivity index (χ1) is 15.7. The molecule has 1 aliphatic heterocycles. The normalized spacial score (nSPS) is 16.1. The predicted molar refractivity (Wildman–Crippen MR) is 130 cm³/mol. The molecule has 33 heavy (non-hydrogen) atoms. The number of rotatable bonds is 9. The lowest BCUT2D eigenvalue weighted by Gasteiger charge is -2.37. The molecule has 2 aromatic carbocycles. The molecule has 0 aromatic heterocycles. The van der Waals surface area contributed by atoms with Gasteiger partial charge in [-0.25, -0.2) is 18.4 Å². The van der Waals surface area contributed by atoms with Crippen LogP contribution in [0.2, 0.25) is 0 Å². The minimum atomic E-state index is -4.25. The molecule has 3 N–H and O–H groups in total. The van der Waals surface area contributed by atoms with E-state index in [0.717, 1.165) is 24.8 Å². The summed E-state index contributed by atoms with van der Waals surface area (Å²) in [5.74, 6) is -0.867. The molecule has 0 unspecified atom stereocenters. The Bertz CT molecular complexity index is 1150. The first kappa shape index (κ1) is 25.0. The Kier molecular flexibility index (Phi) is 7.65. The molecule has 0 saturated carbocycles. The zero-order valence-electron chi connectivity index (χ0n) is 19.6. The monoisotopic (exact) mass is 471 g/mol. The highest BCUT2D eigenvalue weighted by Crippen LogP contribution is 2.43. The number of cyclic esters (lactones) is 1. The molecular weight excluding hydrogens is 438 g/mol. The van der Waals surface area contributed by atoms with E-state index >= 15 is 0 Å². The molecule has 178 valence electrons. The molecule has 6 nitrogen and oxygen atoms in total. The summed E-state index contributed by atoms with van der Waals surface area (Å²) in [6, 6.07) is 12.5. The van der Waals surface area contributed by atoms with Crippen molar-refractivity contribution in [1.29, 1.82) is 0 Å². The zero-order valence-corrected chi connectivity index (χ0v) is 20.4. The first-order valence-electron chi connectivity index (χ1n) is 11.6. The van der Waals surface area contributed by atoms with Gasteiger partial charge in [0.1, 0.15) is 16.9 Å². The van der Waals surface area contributed by atoms with Gasteiger partial charge in [-0.3, -0.25) is 0 Å². The van der Waals surface area contributed by atoms with Crippen molar-refractivity contribution in [1.82, 2.24) is 0 Å². The van der Waals surface area contributed by atoms with Crippen molar-refractivity contribution in [3.8, 4) is 11.1 Å². The number of nitrogens with two attached hydrogens (primary N) is 1. The molecule has 0 saturated heterocycles. The Hall–Kier alpha value is -2.64. The van der Waals surface area contributed by atoms with Crippen molar-refractivity contribution in [3.05, 3.63) is 59.4 Å². The molecular formula is C26H33NO5S. The third kappa shape index (κ3) is 5.14. The number of primary sulfonamides is 1. The van der Waals surface area contributed by atoms with E-state index in [1.165, 1.54) is 0 Å². The standard InChI is InChI=1S/C26H33NO5S/c1-4-10-18-13-14-20(24(33(27,30)31)22(18)19-11-8-7-9-12-19)23-21(28)17-26(15-5-2,16-6-3)32-25(23)29/h7-9,11-14,28H,4-6,10,15-17H2,1-3H3,(H2,27,30,31). The molecule has 0 bridgehead atoms. The second kappa shape index (κ2) is 10.1. The molecule has 0 atom stereocenters. The minimum absolute atomic E-state index is 0.0836. The average molecular weight is 472 g/mol. The van der Waals surface area contributed by atoms with Gasteiger partial charge < -0.3 is 9.84 Å². The summed E-state index contributed by atoms with van der Waals surface area (Å²) in [7, 11) is -4.25. The first-order valence-corrected chi connectivity index (χ1v) is 13.1. The maximum Gasteiger partial charge on any atom is 0.342 e. The van der Waals surface area contributed by atoms with Crippen LogP contribution in [0.1, 0.15) is 70.4 Å². The number of aryl methyl sites for hydroxylation is 1. The Morgan fingerprint density at radius 1 is 1.00 bits per heavy atom. The molecule has 0 aliphatic carbocycles. The number of sulfonamides is 1. The lowest BCUT2D eigenvalue weighted by atomic mass is 9.83. The largest absolute Gasteiger partial charge is 0.511 e. The maximum atomic E-state index is 13.2. The summed E-state index contributed by atoms with van der Waals surface area (Å²) in [6.45, 7) is 6.01. The van der Waals surface area contributed by atoms with Crippen LogP contribution in [0.3, 0.4) is 0 Å². The number of hydrogen-bond acceptors (Lipinski definition) is 5. The SMILES string of the molecule is CCCc1ccc(C2=C(O)CC(CCC)(CCC)OC2=O)c(S(N)(=O)=O)c1-c1ccccc1. The van der Waals surface area contributed by atoms with Gasteiger partial charge in [0, 0.05) is 17.5 Å². The highest BCUT2D eigenvalue weighted by molar-refractivity contribution is 7.89. The summed E-state index contributed by atoms with van der Waals surface area (Å²) in [4.78, 5) is 13.1. The lowest BCUT2D eigenvalue weighted by Crippen LogP contribution is -2.40. The van der Waals surface area contributed by atoms with Gasteiger partial charge in [0.25, 0.3) is 0 Å². The van der Waals surface area contributed by atoms with Crippen LogP contribution in [-0.4, -0.2) is 25.1 Å². The van der Waals surface area contributed by atoms with Crippen molar-refractivity contribution in [2.75, 3.05) is 0 Å². The average Bonchev–Trinajstić information content (AvgIpc) is 2.74. The third-order valence-electron chi connectivity index (χ3n) is 6.08. The van der Waals surface area contributed by atoms with E-state index in [4.69, 9.17) is 9.88 Å².